The molecule has 3 aromatic heterocycles. The largest absolute Gasteiger partial charge is 0.333 e. The molecule has 0 unspecified atom stereocenters. The van der Waals surface area contributed by atoms with Gasteiger partial charge in [-0.2, -0.15) is 5.10 Å². The monoisotopic (exact) mass is 355 g/mol. The van der Waals surface area contributed by atoms with Gasteiger partial charge < -0.3 is 4.90 Å². The maximum Gasteiger partial charge on any atom is 0.266 e. The summed E-state index contributed by atoms with van der Waals surface area (Å²) in [7, 11) is 0. The van der Waals surface area contributed by atoms with Crippen molar-refractivity contribution >= 4 is 17.2 Å². The highest BCUT2D eigenvalue weighted by Crippen LogP contribution is 2.30. The summed E-state index contributed by atoms with van der Waals surface area (Å²) >= 11 is 1.34. The number of aromatic nitrogens is 6. The number of hydrogen-bond donors (Lipinski definition) is 0. The highest BCUT2D eigenvalue weighted by molar-refractivity contribution is 7.17. The van der Waals surface area contributed by atoms with Crippen molar-refractivity contribution in [3.05, 3.63) is 40.7 Å². The molecule has 4 heterocycles. The van der Waals surface area contributed by atoms with Crippen LogP contribution in [0.2, 0.25) is 0 Å². The van der Waals surface area contributed by atoms with E-state index in [1.807, 2.05) is 30.4 Å². The minimum absolute atomic E-state index is 0.00271. The maximum atomic E-state index is 12.8. The van der Waals surface area contributed by atoms with E-state index in [1.165, 1.54) is 11.3 Å². The lowest BCUT2D eigenvalue weighted by Crippen LogP contribution is -2.51. The molecule has 0 aliphatic carbocycles. The third kappa shape index (κ3) is 2.80. The SMILES string of the molecule is Cc1nc(C)n(C2CN(C(=O)c3sc(-c4ncccn4)nc3C)C2)n1. The number of thiazole rings is 1. The van der Waals surface area contributed by atoms with Crippen LogP contribution in [-0.4, -0.2) is 53.6 Å². The van der Waals surface area contributed by atoms with Gasteiger partial charge in [-0.15, -0.1) is 11.3 Å². The summed E-state index contributed by atoms with van der Waals surface area (Å²) in [6, 6.07) is 1.94. The van der Waals surface area contributed by atoms with Crippen molar-refractivity contribution in [3.8, 4) is 10.8 Å². The molecule has 25 heavy (non-hydrogen) atoms. The molecule has 0 bridgehead atoms. The topological polar surface area (TPSA) is 89.7 Å². The molecule has 1 fully saturated rings. The van der Waals surface area contributed by atoms with E-state index in [-0.39, 0.29) is 11.9 Å². The van der Waals surface area contributed by atoms with Crippen LogP contribution in [0, 0.1) is 20.8 Å². The lowest BCUT2D eigenvalue weighted by atomic mass is 10.1. The van der Waals surface area contributed by atoms with E-state index in [0.29, 0.717) is 34.5 Å². The summed E-state index contributed by atoms with van der Waals surface area (Å²) < 4.78 is 1.90. The van der Waals surface area contributed by atoms with Crippen molar-refractivity contribution in [1.82, 2.24) is 34.6 Å². The van der Waals surface area contributed by atoms with Crippen molar-refractivity contribution in [2.75, 3.05) is 13.1 Å². The molecule has 0 radical (unpaired) electrons. The predicted octanol–water partition coefficient (Wildman–Crippen LogP) is 1.81. The van der Waals surface area contributed by atoms with Gasteiger partial charge in [0.1, 0.15) is 16.5 Å². The smallest absolute Gasteiger partial charge is 0.266 e. The normalized spacial score (nSPS) is 14.6. The van der Waals surface area contributed by atoms with E-state index in [2.05, 4.69) is 25.0 Å². The van der Waals surface area contributed by atoms with Gasteiger partial charge in [0, 0.05) is 25.5 Å². The zero-order valence-corrected chi connectivity index (χ0v) is 15.0. The Labute approximate surface area is 148 Å². The Hall–Kier alpha value is -2.68. The Morgan fingerprint density at radius 2 is 1.88 bits per heavy atom. The molecule has 128 valence electrons. The first-order valence-corrected chi connectivity index (χ1v) is 8.78. The van der Waals surface area contributed by atoms with E-state index in [4.69, 9.17) is 0 Å². The molecule has 4 rings (SSSR count). The fraction of sp³-hybridized carbons (Fsp3) is 0.375. The predicted molar refractivity (Wildman–Crippen MR) is 92.3 cm³/mol. The minimum atomic E-state index is 0.00271. The quantitative estimate of drug-likeness (QED) is 0.712. The highest BCUT2D eigenvalue weighted by atomic mass is 32.1. The van der Waals surface area contributed by atoms with Crippen LogP contribution in [0.5, 0.6) is 0 Å². The summed E-state index contributed by atoms with van der Waals surface area (Å²) in [5.41, 5.74) is 0.716. The standard InChI is InChI=1S/C16H17N7OS/c1-9-13(25-15(19-9)14-17-5-4-6-18-14)16(24)22-7-12(8-22)23-11(3)20-10(2)21-23/h4-6,12H,7-8H2,1-3H3. The number of carbonyl (C=O) groups excluding carboxylic acids is 1. The van der Waals surface area contributed by atoms with Gasteiger partial charge in [0.05, 0.1) is 11.7 Å². The highest BCUT2D eigenvalue weighted by Gasteiger charge is 2.35. The Balaban J connectivity index is 1.49. The van der Waals surface area contributed by atoms with Gasteiger partial charge in [-0.25, -0.2) is 24.6 Å². The van der Waals surface area contributed by atoms with Gasteiger partial charge in [-0.05, 0) is 26.8 Å². The lowest BCUT2D eigenvalue weighted by molar-refractivity contribution is 0.0501. The summed E-state index contributed by atoms with van der Waals surface area (Å²) in [6.45, 7) is 6.93. The fourth-order valence-corrected chi connectivity index (χ4v) is 3.88. The molecule has 0 atom stereocenters. The van der Waals surface area contributed by atoms with Crippen LogP contribution >= 0.6 is 11.3 Å². The fourth-order valence-electron chi connectivity index (χ4n) is 2.90. The summed E-state index contributed by atoms with van der Waals surface area (Å²) in [4.78, 5) is 32.4. The van der Waals surface area contributed by atoms with Crippen molar-refractivity contribution < 1.29 is 4.79 Å². The van der Waals surface area contributed by atoms with E-state index >= 15 is 0 Å². The van der Waals surface area contributed by atoms with E-state index in [9.17, 15) is 4.79 Å². The second-order valence-electron chi connectivity index (χ2n) is 6.02. The second kappa shape index (κ2) is 5.99. The number of nitrogens with zero attached hydrogens (tertiary/aromatic N) is 7. The van der Waals surface area contributed by atoms with Gasteiger partial charge in [0.25, 0.3) is 5.91 Å². The van der Waals surface area contributed by atoms with Crippen molar-refractivity contribution in [3.63, 3.8) is 0 Å². The molecule has 8 nitrogen and oxygen atoms in total. The zero-order valence-electron chi connectivity index (χ0n) is 14.2. The first kappa shape index (κ1) is 15.8. The van der Waals surface area contributed by atoms with Crippen LogP contribution < -0.4 is 0 Å². The van der Waals surface area contributed by atoms with Crippen molar-refractivity contribution in [2.45, 2.75) is 26.8 Å². The van der Waals surface area contributed by atoms with Gasteiger partial charge in [-0.1, -0.05) is 0 Å². The minimum Gasteiger partial charge on any atom is -0.333 e. The molecule has 0 spiro atoms. The molecule has 0 aromatic carbocycles. The van der Waals surface area contributed by atoms with Crippen LogP contribution in [0.1, 0.15) is 33.1 Å². The van der Waals surface area contributed by atoms with Gasteiger partial charge in [0.2, 0.25) is 0 Å². The number of carbonyl (C=O) groups is 1. The van der Waals surface area contributed by atoms with E-state index in [1.54, 1.807) is 18.5 Å². The second-order valence-corrected chi connectivity index (χ2v) is 7.02. The number of aryl methyl sites for hydroxylation is 3. The first-order chi connectivity index (χ1) is 12.0. The average Bonchev–Trinajstić information content (AvgIpc) is 3.09. The van der Waals surface area contributed by atoms with Crippen LogP contribution in [0.15, 0.2) is 18.5 Å². The van der Waals surface area contributed by atoms with Crippen LogP contribution in [-0.2, 0) is 0 Å². The Bertz CT molecular complexity index is 927. The number of rotatable bonds is 3. The van der Waals surface area contributed by atoms with Crippen molar-refractivity contribution in [1.29, 1.82) is 0 Å². The Kier molecular flexibility index (Phi) is 3.79. The lowest BCUT2D eigenvalue weighted by Gasteiger charge is -2.39. The van der Waals surface area contributed by atoms with Crippen molar-refractivity contribution in [2.24, 2.45) is 0 Å². The number of amides is 1. The number of hydrogen-bond acceptors (Lipinski definition) is 7. The van der Waals surface area contributed by atoms with Gasteiger partial charge >= 0.3 is 0 Å². The first-order valence-electron chi connectivity index (χ1n) is 7.97. The van der Waals surface area contributed by atoms with Crippen LogP contribution in [0.25, 0.3) is 10.8 Å². The van der Waals surface area contributed by atoms with Gasteiger partial charge in [-0.3, -0.25) is 4.79 Å². The Morgan fingerprint density at radius 1 is 1.16 bits per heavy atom. The average molecular weight is 355 g/mol. The molecule has 1 aliphatic rings. The third-order valence-electron chi connectivity index (χ3n) is 4.15. The Morgan fingerprint density at radius 3 is 2.52 bits per heavy atom. The van der Waals surface area contributed by atoms with E-state index in [0.717, 1.165) is 11.6 Å². The number of likely N-dealkylation sites (tertiary alicyclic amines) is 1. The molecular weight excluding hydrogens is 338 g/mol. The summed E-state index contributed by atoms with van der Waals surface area (Å²) in [5, 5.41) is 5.07. The molecule has 1 amide bonds. The molecule has 1 saturated heterocycles. The maximum absolute atomic E-state index is 12.8. The molecule has 9 heteroatoms. The van der Waals surface area contributed by atoms with Crippen LogP contribution in [0.3, 0.4) is 0 Å². The molecule has 0 saturated carbocycles. The molecule has 0 N–H and O–H groups in total. The molecule has 1 aliphatic heterocycles. The van der Waals surface area contributed by atoms with Crippen LogP contribution in [0.4, 0.5) is 0 Å². The third-order valence-corrected chi connectivity index (χ3v) is 5.29. The molecular formula is C16H17N7OS. The summed E-state index contributed by atoms with van der Waals surface area (Å²) in [6.07, 6.45) is 3.34. The van der Waals surface area contributed by atoms with Gasteiger partial charge in [0.15, 0.2) is 10.8 Å². The van der Waals surface area contributed by atoms with E-state index < -0.39 is 0 Å². The summed E-state index contributed by atoms with van der Waals surface area (Å²) in [5.74, 6) is 2.19. The zero-order chi connectivity index (χ0) is 17.6. The molecule has 3 aromatic rings.